The van der Waals surface area contributed by atoms with Gasteiger partial charge in [-0.2, -0.15) is 17.8 Å². The minimum absolute atomic E-state index is 0.266. The highest BCUT2D eigenvalue weighted by Crippen LogP contribution is 2.24. The topological polar surface area (TPSA) is 105 Å². The zero-order valence-corrected chi connectivity index (χ0v) is 12.9. The summed E-state index contributed by atoms with van der Waals surface area (Å²) >= 11 is 0. The van der Waals surface area contributed by atoms with Crippen molar-refractivity contribution >= 4 is 21.9 Å². The number of aliphatic carboxylic acids is 1. The third-order valence-electron chi connectivity index (χ3n) is 3.35. The average Bonchev–Trinajstić information content (AvgIpc) is 2.73. The number of nitrogens with zero attached hydrogens (tertiary/aromatic N) is 3. The van der Waals surface area contributed by atoms with E-state index in [-0.39, 0.29) is 12.2 Å². The molecule has 0 amide bonds. The van der Waals surface area contributed by atoms with Crippen LogP contribution in [-0.2, 0) is 21.5 Å². The van der Waals surface area contributed by atoms with Crippen LogP contribution in [0.3, 0.4) is 0 Å². The van der Waals surface area contributed by atoms with Crippen molar-refractivity contribution in [3.8, 4) is 0 Å². The van der Waals surface area contributed by atoms with Crippen LogP contribution in [0.4, 0.5) is 5.69 Å². The Morgan fingerprint density at radius 3 is 2.62 bits per heavy atom. The molecule has 1 aromatic rings. The molecule has 0 saturated carbocycles. The monoisotopic (exact) mass is 316 g/mol. The standard InChI is InChI=1S/C12H20N4O4S/c1-9-3-10(2)6-16(5-9)21(19,20)14-11-4-13-15(7-11)8-12(17)18/h4,7,9-10,14H,3,5-6,8H2,1-2H3,(H,17,18). The lowest BCUT2D eigenvalue weighted by molar-refractivity contribution is -0.137. The number of hydrogen-bond acceptors (Lipinski definition) is 4. The Kier molecular flexibility index (Phi) is 4.52. The molecule has 0 radical (unpaired) electrons. The third-order valence-corrected chi connectivity index (χ3v) is 4.82. The highest BCUT2D eigenvalue weighted by Gasteiger charge is 2.30. The number of anilines is 1. The first-order valence-corrected chi connectivity index (χ1v) is 8.22. The molecule has 1 fully saturated rings. The molecule has 0 spiro atoms. The van der Waals surface area contributed by atoms with Gasteiger partial charge in [0.1, 0.15) is 6.54 Å². The zero-order valence-electron chi connectivity index (χ0n) is 12.1. The summed E-state index contributed by atoms with van der Waals surface area (Å²) in [5, 5.41) is 12.5. The maximum atomic E-state index is 12.3. The van der Waals surface area contributed by atoms with Gasteiger partial charge in [0.25, 0.3) is 0 Å². The number of nitrogens with one attached hydrogen (secondary N) is 1. The first-order valence-electron chi connectivity index (χ1n) is 6.78. The number of hydrogen-bond donors (Lipinski definition) is 2. The van der Waals surface area contributed by atoms with Crippen molar-refractivity contribution < 1.29 is 18.3 Å². The summed E-state index contributed by atoms with van der Waals surface area (Å²) in [6.45, 7) is 4.73. The van der Waals surface area contributed by atoms with E-state index in [1.165, 1.54) is 21.4 Å². The molecule has 0 aliphatic carbocycles. The minimum Gasteiger partial charge on any atom is -0.480 e. The smallest absolute Gasteiger partial charge is 0.325 e. The van der Waals surface area contributed by atoms with Gasteiger partial charge in [0.15, 0.2) is 0 Å². The molecular formula is C12H20N4O4S. The maximum absolute atomic E-state index is 12.3. The quantitative estimate of drug-likeness (QED) is 0.828. The van der Waals surface area contributed by atoms with Crippen molar-refractivity contribution in [2.75, 3.05) is 17.8 Å². The summed E-state index contributed by atoms with van der Waals surface area (Å²) in [5.41, 5.74) is 0.266. The van der Waals surface area contributed by atoms with E-state index in [1.54, 1.807) is 0 Å². The number of carboxylic acid groups (broad SMARTS) is 1. The van der Waals surface area contributed by atoms with Crippen molar-refractivity contribution in [3.63, 3.8) is 0 Å². The lowest BCUT2D eigenvalue weighted by Crippen LogP contribution is -2.45. The molecule has 1 aliphatic heterocycles. The van der Waals surface area contributed by atoms with Gasteiger partial charge in [-0.3, -0.25) is 14.2 Å². The van der Waals surface area contributed by atoms with E-state index in [1.807, 2.05) is 13.8 Å². The van der Waals surface area contributed by atoms with Crippen LogP contribution in [-0.4, -0.2) is 46.7 Å². The second kappa shape index (κ2) is 6.02. The molecule has 0 aromatic carbocycles. The van der Waals surface area contributed by atoms with E-state index >= 15 is 0 Å². The van der Waals surface area contributed by atoms with Crippen LogP contribution in [0.25, 0.3) is 0 Å². The molecule has 2 heterocycles. The molecular weight excluding hydrogens is 296 g/mol. The van der Waals surface area contributed by atoms with Crippen LogP contribution in [0.5, 0.6) is 0 Å². The fourth-order valence-corrected chi connectivity index (χ4v) is 4.09. The highest BCUT2D eigenvalue weighted by molar-refractivity contribution is 7.90. The van der Waals surface area contributed by atoms with Crippen LogP contribution in [0.2, 0.25) is 0 Å². The van der Waals surface area contributed by atoms with E-state index in [0.717, 1.165) is 6.42 Å². The molecule has 1 aliphatic rings. The molecule has 8 nitrogen and oxygen atoms in total. The molecule has 21 heavy (non-hydrogen) atoms. The van der Waals surface area contributed by atoms with Gasteiger partial charge >= 0.3 is 16.2 Å². The molecule has 1 saturated heterocycles. The zero-order chi connectivity index (χ0) is 15.6. The number of rotatable bonds is 5. The van der Waals surface area contributed by atoms with Gasteiger partial charge < -0.3 is 5.11 Å². The Morgan fingerprint density at radius 2 is 2.05 bits per heavy atom. The first kappa shape index (κ1) is 15.8. The van der Waals surface area contributed by atoms with Crippen LogP contribution >= 0.6 is 0 Å². The Morgan fingerprint density at radius 1 is 1.43 bits per heavy atom. The summed E-state index contributed by atoms with van der Waals surface area (Å²) in [4.78, 5) is 10.6. The van der Waals surface area contributed by atoms with Gasteiger partial charge in [-0.1, -0.05) is 13.8 Å². The number of piperidine rings is 1. The highest BCUT2D eigenvalue weighted by atomic mass is 32.2. The van der Waals surface area contributed by atoms with Crippen LogP contribution < -0.4 is 4.72 Å². The van der Waals surface area contributed by atoms with Crippen LogP contribution in [0.1, 0.15) is 20.3 Å². The Hall–Kier alpha value is -1.61. The molecule has 0 bridgehead atoms. The van der Waals surface area contributed by atoms with Gasteiger partial charge in [0.05, 0.1) is 11.9 Å². The Bertz CT molecular complexity index is 603. The number of carboxylic acids is 1. The van der Waals surface area contributed by atoms with Gasteiger partial charge in [0.2, 0.25) is 0 Å². The van der Waals surface area contributed by atoms with Crippen molar-refractivity contribution in [2.45, 2.75) is 26.8 Å². The summed E-state index contributed by atoms with van der Waals surface area (Å²) in [6, 6.07) is 0. The summed E-state index contributed by atoms with van der Waals surface area (Å²) in [6.07, 6.45) is 3.68. The Labute approximate surface area is 123 Å². The van der Waals surface area contributed by atoms with E-state index in [0.29, 0.717) is 24.9 Å². The van der Waals surface area contributed by atoms with Crippen LogP contribution in [0.15, 0.2) is 12.4 Å². The molecule has 2 N–H and O–H groups in total. The third kappa shape index (κ3) is 4.18. The largest absolute Gasteiger partial charge is 0.480 e. The van der Waals surface area contributed by atoms with Crippen molar-refractivity contribution in [1.82, 2.24) is 14.1 Å². The molecule has 2 rings (SSSR count). The maximum Gasteiger partial charge on any atom is 0.325 e. The van der Waals surface area contributed by atoms with Gasteiger partial charge in [-0.25, -0.2) is 0 Å². The minimum atomic E-state index is -3.63. The lowest BCUT2D eigenvalue weighted by atomic mass is 9.94. The number of aromatic nitrogens is 2. The van der Waals surface area contributed by atoms with Crippen molar-refractivity contribution in [3.05, 3.63) is 12.4 Å². The van der Waals surface area contributed by atoms with Gasteiger partial charge in [0, 0.05) is 19.3 Å². The molecule has 9 heteroatoms. The predicted octanol–water partition coefficient (Wildman–Crippen LogP) is 0.602. The predicted molar refractivity (Wildman–Crippen MR) is 76.9 cm³/mol. The van der Waals surface area contributed by atoms with E-state index in [4.69, 9.17) is 5.11 Å². The summed E-state index contributed by atoms with van der Waals surface area (Å²) in [7, 11) is -3.63. The van der Waals surface area contributed by atoms with Crippen LogP contribution in [0, 0.1) is 11.8 Å². The molecule has 2 unspecified atom stereocenters. The van der Waals surface area contributed by atoms with Crippen molar-refractivity contribution in [2.24, 2.45) is 11.8 Å². The van der Waals surface area contributed by atoms with E-state index in [2.05, 4.69) is 9.82 Å². The fourth-order valence-electron chi connectivity index (χ4n) is 2.66. The molecule has 1 aromatic heterocycles. The van der Waals surface area contributed by atoms with E-state index < -0.39 is 16.2 Å². The van der Waals surface area contributed by atoms with E-state index in [9.17, 15) is 13.2 Å². The SMILES string of the molecule is CC1CC(C)CN(S(=O)(=O)Nc2cnn(CC(=O)O)c2)C1. The second-order valence-electron chi connectivity index (χ2n) is 5.69. The second-order valence-corrected chi connectivity index (χ2v) is 7.36. The Balaban J connectivity index is 2.06. The lowest BCUT2D eigenvalue weighted by Gasteiger charge is -2.33. The van der Waals surface area contributed by atoms with Gasteiger partial charge in [-0.05, 0) is 18.3 Å². The molecule has 2 atom stereocenters. The number of carbonyl (C=O) groups is 1. The van der Waals surface area contributed by atoms with Crippen molar-refractivity contribution in [1.29, 1.82) is 0 Å². The first-order chi connectivity index (χ1) is 9.76. The summed E-state index contributed by atoms with van der Waals surface area (Å²) in [5.74, 6) is -0.397. The van der Waals surface area contributed by atoms with Gasteiger partial charge in [-0.15, -0.1) is 0 Å². The molecule has 118 valence electrons. The summed E-state index contributed by atoms with van der Waals surface area (Å²) < 4.78 is 29.7. The fraction of sp³-hybridized carbons (Fsp3) is 0.667. The normalized spacial score (nSPS) is 23.9. The average molecular weight is 316 g/mol.